The fraction of sp³-hybridized carbons (Fsp3) is 0.571. The monoisotopic (exact) mass is 433 g/mol. The molecule has 2 fully saturated rings. The second-order valence-corrected chi connectivity index (χ2v) is 18.8. The summed E-state index contributed by atoms with van der Waals surface area (Å²) in [5.41, 5.74) is 0.749. The van der Waals surface area contributed by atoms with Gasteiger partial charge < -0.3 is 9.47 Å². The summed E-state index contributed by atoms with van der Waals surface area (Å²) in [7, 11) is 16.9. The van der Waals surface area contributed by atoms with Gasteiger partial charge in [-0.3, -0.25) is 0 Å². The normalized spacial score (nSPS) is 17.3. The average Bonchev–Trinajstić information content (AvgIpc) is 3.17. The zero-order valence-corrected chi connectivity index (χ0v) is 16.4. The van der Waals surface area contributed by atoms with Gasteiger partial charge in [-0.1, -0.05) is 0 Å². The van der Waals surface area contributed by atoms with Crippen molar-refractivity contribution in [1.29, 1.82) is 0 Å². The van der Waals surface area contributed by atoms with E-state index in [-0.39, 0.29) is 0 Å². The molecule has 1 aromatic rings. The van der Waals surface area contributed by atoms with Gasteiger partial charge in [0.05, 0.1) is 0 Å². The van der Waals surface area contributed by atoms with E-state index in [4.69, 9.17) is 37.0 Å². The van der Waals surface area contributed by atoms with Gasteiger partial charge in [0.1, 0.15) is 0 Å². The first kappa shape index (κ1) is 19.6. The number of rotatable bonds is 1. The van der Waals surface area contributed by atoms with Crippen molar-refractivity contribution in [3.05, 3.63) is 30.3 Å². The summed E-state index contributed by atoms with van der Waals surface area (Å²) in [6, 6.07) is 9.25. The Balaban J connectivity index is 0.000000181. The van der Waals surface area contributed by atoms with Crippen LogP contribution in [0.1, 0.15) is 25.7 Å². The molecular weight excluding hydrogens is 413 g/mol. The van der Waals surface area contributed by atoms with Crippen molar-refractivity contribution in [2.75, 3.05) is 26.4 Å². The van der Waals surface area contributed by atoms with Crippen LogP contribution in [0.3, 0.4) is 0 Å². The maximum atomic E-state index is 5.63. The fourth-order valence-corrected chi connectivity index (χ4v) is 4.17. The Kier molecular flexibility index (Phi) is 11.2. The Bertz CT molecular complexity index is 384. The second kappa shape index (κ2) is 12.0. The minimum absolute atomic E-state index is 0.749. The molecule has 0 radical (unpaired) electrons. The summed E-state index contributed by atoms with van der Waals surface area (Å²) in [5, 5.41) is 0. The predicted molar refractivity (Wildman–Crippen MR) is 86.2 cm³/mol. The third kappa shape index (κ3) is 12.8. The molecule has 0 bridgehead atoms. The van der Waals surface area contributed by atoms with Crippen molar-refractivity contribution >= 4 is 33.3 Å². The summed E-state index contributed by atoms with van der Waals surface area (Å²) in [4.78, 5) is 0. The number of nitrogens with zero attached hydrogens (tertiary/aromatic N) is 1. The number of halogens is 3. The van der Waals surface area contributed by atoms with Gasteiger partial charge in [-0.15, -0.1) is 0 Å². The summed E-state index contributed by atoms with van der Waals surface area (Å²) in [6.45, 7) is 4.00. The molecule has 0 N–H and O–H groups in total. The second-order valence-electron chi connectivity index (χ2n) is 4.49. The number of benzene rings is 1. The Labute approximate surface area is 141 Å². The van der Waals surface area contributed by atoms with Crippen molar-refractivity contribution in [2.45, 2.75) is 25.7 Å². The van der Waals surface area contributed by atoms with Crippen molar-refractivity contribution in [3.63, 3.8) is 0 Å². The molecule has 2 aliphatic rings. The third-order valence-electron chi connectivity index (χ3n) is 2.64. The topological polar surface area (TPSA) is 30.8 Å². The van der Waals surface area contributed by atoms with Gasteiger partial charge in [0.2, 0.25) is 0 Å². The van der Waals surface area contributed by atoms with E-state index in [1.807, 2.05) is 30.3 Å². The van der Waals surface area contributed by atoms with Crippen LogP contribution in [0.2, 0.25) is 0 Å². The minimum atomic E-state index is -3.43. The quantitative estimate of drug-likeness (QED) is 0.530. The Morgan fingerprint density at radius 1 is 0.762 bits per heavy atom. The molecule has 0 unspecified atom stereocenters. The molecule has 0 aliphatic carbocycles. The van der Waals surface area contributed by atoms with Crippen LogP contribution in [0.4, 0.5) is 5.69 Å². The molecule has 2 heterocycles. The van der Waals surface area contributed by atoms with Gasteiger partial charge in [0.25, 0.3) is 0 Å². The molecular formula is C14H21Cl3NNbO2. The van der Waals surface area contributed by atoms with E-state index < -0.39 is 13.7 Å². The maximum absolute atomic E-state index is 5.63. The summed E-state index contributed by atoms with van der Waals surface area (Å²) in [6.07, 6.45) is 5.11. The summed E-state index contributed by atoms with van der Waals surface area (Å²) >= 11 is -3.43. The van der Waals surface area contributed by atoms with Gasteiger partial charge in [0, 0.05) is 26.4 Å². The zero-order chi connectivity index (χ0) is 15.4. The molecule has 7 heteroatoms. The van der Waals surface area contributed by atoms with Gasteiger partial charge >= 0.3 is 80.6 Å². The van der Waals surface area contributed by atoms with Crippen LogP contribution in [0, 0.1) is 0 Å². The molecule has 2 aliphatic heterocycles. The van der Waals surface area contributed by atoms with E-state index in [1.54, 1.807) is 0 Å². The molecule has 0 aromatic heterocycles. The SMILES string of the molecule is C1CCOC1.C1CCOC1.[Cl][Nb]([Cl])([Cl])=[N]c1ccccc1. The van der Waals surface area contributed by atoms with Crippen LogP contribution in [-0.4, -0.2) is 26.4 Å². The Morgan fingerprint density at radius 3 is 1.48 bits per heavy atom. The molecule has 1 aromatic carbocycles. The molecule has 2 saturated heterocycles. The van der Waals surface area contributed by atoms with E-state index in [1.165, 1.54) is 25.7 Å². The number of hydrogen-bond donors (Lipinski definition) is 0. The Morgan fingerprint density at radius 2 is 1.19 bits per heavy atom. The van der Waals surface area contributed by atoms with Gasteiger partial charge in [-0.05, 0) is 25.7 Å². The molecule has 3 rings (SSSR count). The van der Waals surface area contributed by atoms with Crippen LogP contribution in [0.5, 0.6) is 0 Å². The zero-order valence-electron chi connectivity index (χ0n) is 11.9. The van der Waals surface area contributed by atoms with Crippen LogP contribution in [-0.2, 0) is 23.2 Å². The third-order valence-corrected chi connectivity index (χ3v) is 5.11. The van der Waals surface area contributed by atoms with Crippen molar-refractivity contribution in [1.82, 2.24) is 0 Å². The molecule has 0 saturated carbocycles. The first-order valence-corrected chi connectivity index (χ1v) is 16.5. The van der Waals surface area contributed by atoms with E-state index in [0.29, 0.717) is 0 Å². The van der Waals surface area contributed by atoms with E-state index >= 15 is 0 Å². The van der Waals surface area contributed by atoms with Crippen LogP contribution < -0.4 is 0 Å². The summed E-state index contributed by atoms with van der Waals surface area (Å²) < 4.78 is 13.9. The molecule has 21 heavy (non-hydrogen) atoms. The fourth-order valence-electron chi connectivity index (χ4n) is 1.65. The average molecular weight is 435 g/mol. The van der Waals surface area contributed by atoms with Crippen LogP contribution >= 0.6 is 27.6 Å². The number of ether oxygens (including phenoxy) is 2. The summed E-state index contributed by atoms with van der Waals surface area (Å²) in [5.74, 6) is 0. The van der Waals surface area contributed by atoms with Crippen molar-refractivity contribution < 1.29 is 23.2 Å². The molecule has 120 valence electrons. The molecule has 0 spiro atoms. The number of hydrogen-bond acceptors (Lipinski definition) is 3. The van der Waals surface area contributed by atoms with Crippen molar-refractivity contribution in [2.24, 2.45) is 3.34 Å². The van der Waals surface area contributed by atoms with Gasteiger partial charge in [-0.25, -0.2) is 0 Å². The Hall–Kier alpha value is 0.550. The van der Waals surface area contributed by atoms with E-state index in [2.05, 4.69) is 3.34 Å². The standard InChI is InChI=1S/C6H5N.2C4H8O.3ClH.Nb/c7-6-4-2-1-3-5-6;2*1-2-4-5-3-1;;;;/h1-5H;2*1-4H2;3*1H;/q;;;;;;+3/p-3. The first-order valence-electron chi connectivity index (χ1n) is 7.00. The van der Waals surface area contributed by atoms with Gasteiger partial charge in [0.15, 0.2) is 0 Å². The molecule has 0 amide bonds. The predicted octanol–water partition coefficient (Wildman–Crippen LogP) is 5.71. The first-order chi connectivity index (χ1) is 10.1. The van der Waals surface area contributed by atoms with Gasteiger partial charge in [-0.2, -0.15) is 0 Å². The molecule has 3 nitrogen and oxygen atoms in total. The van der Waals surface area contributed by atoms with Crippen molar-refractivity contribution in [3.8, 4) is 0 Å². The van der Waals surface area contributed by atoms with E-state index in [9.17, 15) is 0 Å². The van der Waals surface area contributed by atoms with Crippen LogP contribution in [0.15, 0.2) is 33.7 Å². The molecule has 0 atom stereocenters. The van der Waals surface area contributed by atoms with E-state index in [0.717, 1.165) is 32.1 Å². The van der Waals surface area contributed by atoms with Crippen LogP contribution in [0.25, 0.3) is 0 Å².